The Morgan fingerprint density at radius 2 is 1.66 bits per heavy atom. The van der Waals surface area contributed by atoms with Gasteiger partial charge in [0.2, 0.25) is 5.91 Å². The van der Waals surface area contributed by atoms with Gasteiger partial charge in [0.25, 0.3) is 5.91 Å². The third-order valence-electron chi connectivity index (χ3n) is 6.51. The van der Waals surface area contributed by atoms with Gasteiger partial charge in [0, 0.05) is 24.2 Å². The highest BCUT2D eigenvalue weighted by Crippen LogP contribution is 2.28. The van der Waals surface area contributed by atoms with E-state index in [1.807, 2.05) is 61.5 Å². The number of anilines is 1. The van der Waals surface area contributed by atoms with E-state index in [0.29, 0.717) is 24.1 Å². The molecule has 0 bridgehead atoms. The van der Waals surface area contributed by atoms with Gasteiger partial charge in [-0.2, -0.15) is 0 Å². The van der Waals surface area contributed by atoms with Crippen LogP contribution in [0.5, 0.6) is 0 Å². The summed E-state index contributed by atoms with van der Waals surface area (Å²) in [7, 11) is 0. The fourth-order valence-electron chi connectivity index (χ4n) is 4.39. The molecule has 4 aromatic rings. The van der Waals surface area contributed by atoms with Crippen molar-refractivity contribution < 1.29 is 23.9 Å². The molecule has 38 heavy (non-hydrogen) atoms. The summed E-state index contributed by atoms with van der Waals surface area (Å²) in [6, 6.07) is 24.6. The standard InChI is InChI=1S/C31H29FN2O4/c1-20(26-10-4-7-22-6-2-3-9-27(22)26)30(37)34-28-18-21(12-13-23(28)8-5-11-29(35)36)19-33-31(38)24-14-16-25(32)17-15-24/h2-4,6-7,9-10,12-18,20H,5,8,11,19H2,1H3,(H,33,38)(H,34,37)(H,35,36). The summed E-state index contributed by atoms with van der Waals surface area (Å²) in [5.74, 6) is -2.26. The Bertz CT molecular complexity index is 1460. The normalized spacial score (nSPS) is 11.6. The van der Waals surface area contributed by atoms with Crippen LogP contribution >= 0.6 is 0 Å². The lowest BCUT2D eigenvalue weighted by atomic mass is 9.94. The number of benzene rings is 4. The van der Waals surface area contributed by atoms with Gasteiger partial charge in [0.1, 0.15) is 5.82 Å². The molecule has 3 N–H and O–H groups in total. The molecule has 6 nitrogen and oxygen atoms in total. The van der Waals surface area contributed by atoms with E-state index in [-0.39, 0.29) is 24.8 Å². The topological polar surface area (TPSA) is 95.5 Å². The Morgan fingerprint density at radius 3 is 2.42 bits per heavy atom. The van der Waals surface area contributed by atoms with Crippen molar-refractivity contribution in [3.63, 3.8) is 0 Å². The van der Waals surface area contributed by atoms with Crippen LogP contribution in [-0.2, 0) is 22.6 Å². The fourth-order valence-corrected chi connectivity index (χ4v) is 4.39. The van der Waals surface area contributed by atoms with Crippen LogP contribution in [0.15, 0.2) is 84.9 Å². The first-order valence-corrected chi connectivity index (χ1v) is 12.5. The number of amides is 2. The minimum absolute atomic E-state index is 0.0231. The number of hydrogen-bond donors (Lipinski definition) is 3. The molecule has 0 spiro atoms. The summed E-state index contributed by atoms with van der Waals surface area (Å²) in [4.78, 5) is 36.8. The van der Waals surface area contributed by atoms with E-state index in [0.717, 1.165) is 27.5 Å². The Labute approximate surface area is 220 Å². The second-order valence-corrected chi connectivity index (χ2v) is 9.21. The van der Waals surface area contributed by atoms with E-state index in [2.05, 4.69) is 10.6 Å². The maximum absolute atomic E-state index is 13.4. The summed E-state index contributed by atoms with van der Waals surface area (Å²) in [6.45, 7) is 2.06. The molecule has 0 radical (unpaired) electrons. The molecule has 0 aliphatic rings. The number of hydrogen-bond acceptors (Lipinski definition) is 3. The van der Waals surface area contributed by atoms with Crippen molar-refractivity contribution in [3.8, 4) is 0 Å². The van der Waals surface area contributed by atoms with E-state index in [9.17, 15) is 18.8 Å². The molecule has 0 aliphatic carbocycles. The first kappa shape index (κ1) is 26.5. The predicted octanol–water partition coefficient (Wildman–Crippen LogP) is 6.06. The van der Waals surface area contributed by atoms with Crippen LogP contribution in [0.1, 0.15) is 52.7 Å². The number of carboxylic acid groups (broad SMARTS) is 1. The van der Waals surface area contributed by atoms with Crippen molar-refractivity contribution in [2.24, 2.45) is 0 Å². The van der Waals surface area contributed by atoms with Gasteiger partial charge in [-0.1, -0.05) is 54.6 Å². The number of aliphatic carboxylic acids is 1. The summed E-state index contributed by atoms with van der Waals surface area (Å²) < 4.78 is 13.2. The van der Waals surface area contributed by atoms with Crippen LogP contribution in [0.4, 0.5) is 10.1 Å². The average molecular weight is 513 g/mol. The van der Waals surface area contributed by atoms with E-state index in [4.69, 9.17) is 5.11 Å². The maximum atomic E-state index is 13.4. The molecule has 0 aromatic heterocycles. The van der Waals surface area contributed by atoms with Crippen LogP contribution in [-0.4, -0.2) is 22.9 Å². The molecule has 0 fully saturated rings. The molecular weight excluding hydrogens is 483 g/mol. The average Bonchev–Trinajstić information content (AvgIpc) is 2.92. The molecular formula is C31H29FN2O4. The van der Waals surface area contributed by atoms with Gasteiger partial charge in [0.15, 0.2) is 0 Å². The van der Waals surface area contributed by atoms with Crippen LogP contribution in [0.3, 0.4) is 0 Å². The molecule has 1 unspecified atom stereocenters. The third-order valence-corrected chi connectivity index (χ3v) is 6.51. The minimum Gasteiger partial charge on any atom is -0.481 e. The monoisotopic (exact) mass is 512 g/mol. The number of carboxylic acids is 1. The second-order valence-electron chi connectivity index (χ2n) is 9.21. The highest BCUT2D eigenvalue weighted by atomic mass is 19.1. The number of aryl methyl sites for hydroxylation is 1. The molecule has 0 saturated carbocycles. The zero-order valence-corrected chi connectivity index (χ0v) is 21.0. The van der Waals surface area contributed by atoms with Crippen LogP contribution in [0.25, 0.3) is 10.8 Å². The summed E-state index contributed by atoms with van der Waals surface area (Å²) in [5.41, 5.74) is 3.42. The lowest BCUT2D eigenvalue weighted by Gasteiger charge is -2.18. The molecule has 194 valence electrons. The summed E-state index contributed by atoms with van der Waals surface area (Å²) >= 11 is 0. The first-order valence-electron chi connectivity index (χ1n) is 12.5. The Morgan fingerprint density at radius 1 is 0.921 bits per heavy atom. The largest absolute Gasteiger partial charge is 0.481 e. The fraction of sp³-hybridized carbons (Fsp3) is 0.194. The van der Waals surface area contributed by atoms with E-state index < -0.39 is 17.7 Å². The van der Waals surface area contributed by atoms with Gasteiger partial charge in [-0.05, 0) is 77.6 Å². The van der Waals surface area contributed by atoms with Gasteiger partial charge in [-0.3, -0.25) is 14.4 Å². The van der Waals surface area contributed by atoms with Gasteiger partial charge >= 0.3 is 5.97 Å². The van der Waals surface area contributed by atoms with Crippen molar-refractivity contribution >= 4 is 34.2 Å². The van der Waals surface area contributed by atoms with Crippen molar-refractivity contribution in [2.75, 3.05) is 5.32 Å². The first-order chi connectivity index (χ1) is 18.3. The quantitative estimate of drug-likeness (QED) is 0.241. The molecule has 4 aromatic carbocycles. The predicted molar refractivity (Wildman–Crippen MR) is 146 cm³/mol. The van der Waals surface area contributed by atoms with Crippen molar-refractivity contribution in [3.05, 3.63) is 113 Å². The molecule has 0 aliphatic heterocycles. The SMILES string of the molecule is CC(C(=O)Nc1cc(CNC(=O)c2ccc(F)cc2)ccc1CCCC(=O)O)c1cccc2ccccc12. The second kappa shape index (κ2) is 12.1. The molecule has 1 atom stereocenters. The molecule has 4 rings (SSSR count). The zero-order chi connectivity index (χ0) is 27.1. The molecule has 2 amide bonds. The van der Waals surface area contributed by atoms with E-state index in [1.165, 1.54) is 24.3 Å². The van der Waals surface area contributed by atoms with Crippen molar-refractivity contribution in [1.29, 1.82) is 0 Å². The summed E-state index contributed by atoms with van der Waals surface area (Å²) in [6.07, 6.45) is 0.930. The number of fused-ring (bicyclic) bond motifs is 1. The number of halogens is 1. The molecule has 7 heteroatoms. The summed E-state index contributed by atoms with van der Waals surface area (Å²) in [5, 5.41) is 16.9. The number of carbonyl (C=O) groups is 3. The Hall–Kier alpha value is -4.52. The van der Waals surface area contributed by atoms with Gasteiger partial charge in [-0.25, -0.2) is 4.39 Å². The van der Waals surface area contributed by atoms with Gasteiger partial charge < -0.3 is 15.7 Å². The van der Waals surface area contributed by atoms with Crippen molar-refractivity contribution in [2.45, 2.75) is 38.6 Å². The lowest BCUT2D eigenvalue weighted by molar-refractivity contribution is -0.137. The number of carbonyl (C=O) groups excluding carboxylic acids is 2. The minimum atomic E-state index is -0.875. The van der Waals surface area contributed by atoms with Crippen molar-refractivity contribution in [1.82, 2.24) is 5.32 Å². The van der Waals surface area contributed by atoms with Crippen LogP contribution in [0.2, 0.25) is 0 Å². The lowest BCUT2D eigenvalue weighted by Crippen LogP contribution is -2.23. The maximum Gasteiger partial charge on any atom is 0.303 e. The zero-order valence-electron chi connectivity index (χ0n) is 21.0. The number of rotatable bonds is 10. The molecule has 0 heterocycles. The Balaban J connectivity index is 1.53. The highest BCUT2D eigenvalue weighted by Gasteiger charge is 2.19. The van der Waals surface area contributed by atoms with Gasteiger partial charge in [-0.15, -0.1) is 0 Å². The Kier molecular flexibility index (Phi) is 8.48. The van der Waals surface area contributed by atoms with E-state index in [1.54, 1.807) is 6.07 Å². The van der Waals surface area contributed by atoms with Gasteiger partial charge in [0.05, 0.1) is 5.92 Å². The van der Waals surface area contributed by atoms with Crippen LogP contribution in [0, 0.1) is 5.82 Å². The van der Waals surface area contributed by atoms with E-state index >= 15 is 0 Å². The molecule has 0 saturated heterocycles. The third kappa shape index (κ3) is 6.62. The number of nitrogens with one attached hydrogen (secondary N) is 2. The smallest absolute Gasteiger partial charge is 0.303 e. The van der Waals surface area contributed by atoms with Crippen LogP contribution < -0.4 is 10.6 Å². The highest BCUT2D eigenvalue weighted by molar-refractivity contribution is 6.00.